The minimum Gasteiger partial charge on any atom is -0.467 e. The summed E-state index contributed by atoms with van der Waals surface area (Å²) in [5, 5.41) is 2.95. The maximum atomic E-state index is 12.6. The van der Waals surface area contributed by atoms with Gasteiger partial charge in [0, 0.05) is 30.7 Å². The molecule has 1 atom stereocenters. The number of hydrogen-bond acceptors (Lipinski definition) is 4. The number of pyridine rings is 1. The second kappa shape index (κ2) is 7.04. The average molecular weight is 347 g/mol. The first-order valence-corrected chi connectivity index (χ1v) is 8.80. The highest BCUT2D eigenvalue weighted by atomic mass is 16.3. The topological polar surface area (TPSA) is 58.4 Å². The number of rotatable bonds is 5. The van der Waals surface area contributed by atoms with Crippen LogP contribution in [-0.4, -0.2) is 16.9 Å². The molecule has 0 spiro atoms. The smallest absolute Gasteiger partial charge is 0.255 e. The number of furan rings is 1. The van der Waals surface area contributed by atoms with Crippen LogP contribution in [-0.2, 0) is 19.5 Å². The van der Waals surface area contributed by atoms with E-state index in [9.17, 15) is 4.79 Å². The van der Waals surface area contributed by atoms with Crippen molar-refractivity contribution >= 4 is 11.6 Å². The van der Waals surface area contributed by atoms with Crippen molar-refractivity contribution in [3.8, 4) is 0 Å². The molecule has 1 N–H and O–H groups in total. The second-order valence-corrected chi connectivity index (χ2v) is 6.61. The molecule has 132 valence electrons. The Hall–Kier alpha value is -3.08. The minimum absolute atomic E-state index is 0.120. The predicted molar refractivity (Wildman–Crippen MR) is 99.9 cm³/mol. The number of carbonyl (C=O) groups excluding carboxylic acids is 1. The van der Waals surface area contributed by atoms with Crippen LogP contribution >= 0.6 is 0 Å². The molecular weight excluding hydrogens is 326 g/mol. The number of fused-ring (bicyclic) bond motifs is 1. The van der Waals surface area contributed by atoms with Gasteiger partial charge in [-0.2, -0.15) is 0 Å². The zero-order valence-corrected chi connectivity index (χ0v) is 14.7. The molecule has 3 heterocycles. The normalized spacial score (nSPS) is 15.7. The standard InChI is InChI=1S/C21H21N3O2/c1-15-12-17-4-2-3-5-19(17)24(15)14-20-18(8-11-26-20)21(25)23-13-16-6-9-22-10-7-16/h2-11,15H,12-14H2,1H3,(H,23,25). The Kier molecular flexibility index (Phi) is 4.44. The second-order valence-electron chi connectivity index (χ2n) is 6.61. The first-order valence-electron chi connectivity index (χ1n) is 8.80. The highest BCUT2D eigenvalue weighted by molar-refractivity contribution is 5.95. The van der Waals surface area contributed by atoms with E-state index in [4.69, 9.17) is 4.42 Å². The van der Waals surface area contributed by atoms with Gasteiger partial charge in [-0.15, -0.1) is 0 Å². The number of aromatic nitrogens is 1. The Morgan fingerprint density at radius 2 is 2.04 bits per heavy atom. The zero-order valence-electron chi connectivity index (χ0n) is 14.7. The fourth-order valence-corrected chi connectivity index (χ4v) is 3.47. The Bertz CT molecular complexity index is 904. The van der Waals surface area contributed by atoms with Crippen LogP contribution < -0.4 is 10.2 Å². The minimum atomic E-state index is -0.120. The maximum absolute atomic E-state index is 12.6. The number of nitrogens with one attached hydrogen (secondary N) is 1. The van der Waals surface area contributed by atoms with E-state index in [0.717, 1.165) is 12.0 Å². The molecule has 0 saturated carbocycles. The summed E-state index contributed by atoms with van der Waals surface area (Å²) in [7, 11) is 0. The highest BCUT2D eigenvalue weighted by Crippen LogP contribution is 2.33. The third-order valence-electron chi connectivity index (χ3n) is 4.85. The molecule has 1 unspecified atom stereocenters. The zero-order chi connectivity index (χ0) is 17.9. The van der Waals surface area contributed by atoms with Crippen molar-refractivity contribution < 1.29 is 9.21 Å². The molecule has 0 radical (unpaired) electrons. The van der Waals surface area contributed by atoms with Gasteiger partial charge in [0.15, 0.2) is 0 Å². The molecule has 0 saturated heterocycles. The van der Waals surface area contributed by atoms with E-state index in [1.54, 1.807) is 24.7 Å². The molecule has 5 nitrogen and oxygen atoms in total. The van der Waals surface area contributed by atoms with E-state index in [2.05, 4.69) is 40.3 Å². The van der Waals surface area contributed by atoms with E-state index in [0.29, 0.717) is 30.5 Å². The van der Waals surface area contributed by atoms with Crippen LogP contribution in [0.3, 0.4) is 0 Å². The lowest BCUT2D eigenvalue weighted by atomic mass is 10.1. The fourth-order valence-electron chi connectivity index (χ4n) is 3.47. The number of amides is 1. The van der Waals surface area contributed by atoms with Crippen molar-refractivity contribution in [3.63, 3.8) is 0 Å². The van der Waals surface area contributed by atoms with Crippen LogP contribution in [0.25, 0.3) is 0 Å². The average Bonchev–Trinajstić information content (AvgIpc) is 3.26. The van der Waals surface area contributed by atoms with Crippen LogP contribution in [0.5, 0.6) is 0 Å². The molecule has 2 aromatic heterocycles. The van der Waals surface area contributed by atoms with Gasteiger partial charge in [0.25, 0.3) is 5.91 Å². The van der Waals surface area contributed by atoms with Gasteiger partial charge in [-0.05, 0) is 48.7 Å². The van der Waals surface area contributed by atoms with E-state index >= 15 is 0 Å². The van der Waals surface area contributed by atoms with Crippen molar-refractivity contribution in [1.82, 2.24) is 10.3 Å². The lowest BCUT2D eigenvalue weighted by Crippen LogP contribution is -2.30. The van der Waals surface area contributed by atoms with E-state index in [-0.39, 0.29) is 5.91 Å². The first-order chi connectivity index (χ1) is 12.7. The van der Waals surface area contributed by atoms with Gasteiger partial charge in [-0.25, -0.2) is 0 Å². The van der Waals surface area contributed by atoms with Crippen LogP contribution in [0.15, 0.2) is 65.5 Å². The Morgan fingerprint density at radius 3 is 2.88 bits per heavy atom. The molecule has 1 amide bonds. The number of benzene rings is 1. The van der Waals surface area contributed by atoms with Gasteiger partial charge >= 0.3 is 0 Å². The highest BCUT2D eigenvalue weighted by Gasteiger charge is 2.27. The summed E-state index contributed by atoms with van der Waals surface area (Å²) in [6.45, 7) is 3.25. The number of anilines is 1. The third kappa shape index (κ3) is 3.20. The summed E-state index contributed by atoms with van der Waals surface area (Å²) in [4.78, 5) is 18.9. The van der Waals surface area contributed by atoms with Crippen molar-refractivity contribution in [3.05, 3.63) is 83.6 Å². The summed E-state index contributed by atoms with van der Waals surface area (Å²) in [5.41, 5.74) is 4.17. The van der Waals surface area contributed by atoms with Gasteiger partial charge in [0.2, 0.25) is 0 Å². The van der Waals surface area contributed by atoms with Gasteiger partial charge in [-0.3, -0.25) is 9.78 Å². The number of para-hydroxylation sites is 1. The molecule has 0 fully saturated rings. The molecule has 0 aliphatic carbocycles. The van der Waals surface area contributed by atoms with Crippen LogP contribution in [0.1, 0.15) is 34.2 Å². The molecular formula is C21H21N3O2. The van der Waals surface area contributed by atoms with Gasteiger partial charge < -0.3 is 14.6 Å². The molecule has 3 aromatic rings. The van der Waals surface area contributed by atoms with Crippen LogP contribution in [0.2, 0.25) is 0 Å². The summed E-state index contributed by atoms with van der Waals surface area (Å²) in [5.74, 6) is 0.575. The van der Waals surface area contributed by atoms with Crippen molar-refractivity contribution in [2.45, 2.75) is 32.5 Å². The number of nitrogens with zero attached hydrogens (tertiary/aromatic N) is 2. The van der Waals surface area contributed by atoms with Gasteiger partial charge in [-0.1, -0.05) is 18.2 Å². The molecule has 26 heavy (non-hydrogen) atoms. The Labute approximate surface area is 152 Å². The summed E-state index contributed by atoms with van der Waals surface area (Å²) >= 11 is 0. The molecule has 0 bridgehead atoms. The predicted octanol–water partition coefficient (Wildman–Crippen LogP) is 3.56. The lowest BCUT2D eigenvalue weighted by molar-refractivity contribution is 0.0949. The molecule has 1 aliphatic rings. The first kappa shape index (κ1) is 16.4. The SMILES string of the molecule is CC1Cc2ccccc2N1Cc1occc1C(=O)NCc1ccncc1. The summed E-state index contributed by atoms with van der Waals surface area (Å²) in [6, 6.07) is 14.3. The summed E-state index contributed by atoms with van der Waals surface area (Å²) in [6.07, 6.45) is 6.04. The van der Waals surface area contributed by atoms with E-state index < -0.39 is 0 Å². The molecule has 4 rings (SSSR count). The van der Waals surface area contributed by atoms with Gasteiger partial charge in [0.05, 0.1) is 18.4 Å². The summed E-state index contributed by atoms with van der Waals surface area (Å²) < 4.78 is 5.65. The van der Waals surface area contributed by atoms with E-state index in [1.165, 1.54) is 11.3 Å². The monoisotopic (exact) mass is 347 g/mol. The Morgan fingerprint density at radius 1 is 1.23 bits per heavy atom. The number of hydrogen-bond donors (Lipinski definition) is 1. The Balaban J connectivity index is 1.48. The fraction of sp³-hybridized carbons (Fsp3) is 0.238. The number of carbonyl (C=O) groups is 1. The van der Waals surface area contributed by atoms with Crippen molar-refractivity contribution in [2.75, 3.05) is 4.90 Å². The quantitative estimate of drug-likeness (QED) is 0.767. The van der Waals surface area contributed by atoms with Gasteiger partial charge in [0.1, 0.15) is 5.76 Å². The van der Waals surface area contributed by atoms with Crippen LogP contribution in [0.4, 0.5) is 5.69 Å². The molecule has 1 aliphatic heterocycles. The van der Waals surface area contributed by atoms with Crippen molar-refractivity contribution in [1.29, 1.82) is 0 Å². The largest absolute Gasteiger partial charge is 0.467 e. The van der Waals surface area contributed by atoms with Crippen LogP contribution in [0, 0.1) is 0 Å². The molecule has 1 aromatic carbocycles. The molecule has 5 heteroatoms. The van der Waals surface area contributed by atoms with E-state index in [1.807, 2.05) is 18.2 Å². The van der Waals surface area contributed by atoms with Crippen molar-refractivity contribution in [2.24, 2.45) is 0 Å². The third-order valence-corrected chi connectivity index (χ3v) is 4.85. The maximum Gasteiger partial charge on any atom is 0.255 e. The lowest BCUT2D eigenvalue weighted by Gasteiger charge is -2.24.